The van der Waals surface area contributed by atoms with Gasteiger partial charge in [0.25, 0.3) is 5.91 Å². The number of phenols is 1. The van der Waals surface area contributed by atoms with E-state index in [-0.39, 0.29) is 65.6 Å². The number of benzene rings is 4. The highest BCUT2D eigenvalue weighted by Gasteiger charge is 2.24. The van der Waals surface area contributed by atoms with Crippen LogP contribution in [0.2, 0.25) is 0 Å². The van der Waals surface area contributed by atoms with Crippen LogP contribution in [0, 0.1) is 0 Å². The first kappa shape index (κ1) is 38.0. The van der Waals surface area contributed by atoms with E-state index < -0.39 is 19.7 Å². The largest absolute Gasteiger partial charge is 0.508 e. The van der Waals surface area contributed by atoms with Crippen molar-refractivity contribution in [3.8, 4) is 28.2 Å². The molecule has 15 heteroatoms. The SMILES string of the molecule is Nc1ccc(N(CCO)CCOP(=O)(O)OCCCCCCNC(=O)c2ccc(C(=O)O)c(-c3c4ccc(=O)cc-4oc4cc(O)ccc34)c2)cc1. The van der Waals surface area contributed by atoms with Crippen molar-refractivity contribution in [3.05, 3.63) is 100 Å². The van der Waals surface area contributed by atoms with E-state index in [1.165, 1.54) is 48.5 Å². The molecular weight excluding hydrogens is 693 g/mol. The van der Waals surface area contributed by atoms with E-state index >= 15 is 0 Å². The van der Waals surface area contributed by atoms with Crippen LogP contribution in [0.5, 0.6) is 5.75 Å². The summed E-state index contributed by atoms with van der Waals surface area (Å²) in [7, 11) is -4.28. The van der Waals surface area contributed by atoms with Crippen LogP contribution in [0.15, 0.2) is 88.1 Å². The normalized spacial score (nSPS) is 12.5. The van der Waals surface area contributed by atoms with Crippen LogP contribution < -0.4 is 21.4 Å². The van der Waals surface area contributed by atoms with Gasteiger partial charge < -0.3 is 40.6 Å². The number of unbranched alkanes of at least 4 members (excludes halogenated alkanes) is 3. The van der Waals surface area contributed by atoms with Crippen molar-refractivity contribution in [3.63, 3.8) is 0 Å². The topological polar surface area (TPSA) is 222 Å². The highest BCUT2D eigenvalue weighted by molar-refractivity contribution is 7.47. The molecule has 2 aliphatic rings. The van der Waals surface area contributed by atoms with Crippen LogP contribution in [0.1, 0.15) is 46.4 Å². The third-order valence-electron chi connectivity index (χ3n) is 8.31. The summed E-state index contributed by atoms with van der Waals surface area (Å²) < 4.78 is 28.4. The van der Waals surface area contributed by atoms with Crippen molar-refractivity contribution < 1.29 is 47.8 Å². The van der Waals surface area contributed by atoms with Crippen molar-refractivity contribution in [1.29, 1.82) is 0 Å². The van der Waals surface area contributed by atoms with E-state index in [0.717, 1.165) is 5.69 Å². The number of phosphoric ester groups is 1. The number of hydrogen-bond acceptors (Lipinski definition) is 11. The number of phenolic OH excluding ortho intramolecular Hbond substituents is 1. The molecule has 274 valence electrons. The van der Waals surface area contributed by atoms with Gasteiger partial charge in [-0.1, -0.05) is 12.8 Å². The molecule has 0 spiro atoms. The summed E-state index contributed by atoms with van der Waals surface area (Å²) in [6.45, 7) is 0.682. The third kappa shape index (κ3) is 9.75. The number of carbonyl (C=O) groups is 2. The van der Waals surface area contributed by atoms with E-state index in [2.05, 4.69) is 5.32 Å². The first-order chi connectivity index (χ1) is 25.0. The number of amides is 1. The number of aliphatic hydroxyl groups excluding tert-OH is 1. The second kappa shape index (κ2) is 17.3. The van der Waals surface area contributed by atoms with Gasteiger partial charge in [0, 0.05) is 65.2 Å². The summed E-state index contributed by atoms with van der Waals surface area (Å²) in [5.41, 5.74) is 8.32. The first-order valence-electron chi connectivity index (χ1n) is 16.6. The molecule has 3 aromatic rings. The molecule has 5 rings (SSSR count). The molecule has 0 aromatic heterocycles. The van der Waals surface area contributed by atoms with Gasteiger partial charge in [-0.25, -0.2) is 9.36 Å². The summed E-state index contributed by atoms with van der Waals surface area (Å²) in [4.78, 5) is 49.4. The van der Waals surface area contributed by atoms with E-state index in [4.69, 9.17) is 19.2 Å². The second-order valence-electron chi connectivity index (χ2n) is 12.0. The Balaban J connectivity index is 1.12. The first-order valence-corrected chi connectivity index (χ1v) is 18.1. The third-order valence-corrected chi connectivity index (χ3v) is 9.33. The molecule has 1 aliphatic heterocycles. The van der Waals surface area contributed by atoms with Gasteiger partial charge in [0.15, 0.2) is 5.43 Å². The second-order valence-corrected chi connectivity index (χ2v) is 13.4. The quantitative estimate of drug-likeness (QED) is 0.0285. The Kier molecular flexibility index (Phi) is 12.7. The lowest BCUT2D eigenvalue weighted by Crippen LogP contribution is -2.30. The van der Waals surface area contributed by atoms with Crippen LogP contribution >= 0.6 is 7.82 Å². The average Bonchev–Trinajstić information content (AvgIpc) is 3.11. The fourth-order valence-electron chi connectivity index (χ4n) is 5.77. The number of nitrogens with zero attached hydrogens (tertiary/aromatic N) is 1. The Morgan fingerprint density at radius 2 is 1.62 bits per heavy atom. The molecule has 1 atom stereocenters. The van der Waals surface area contributed by atoms with Crippen LogP contribution in [0.4, 0.5) is 11.4 Å². The maximum atomic E-state index is 13.2. The molecule has 52 heavy (non-hydrogen) atoms. The fraction of sp³-hybridized carbons (Fsp3) is 0.270. The maximum Gasteiger partial charge on any atom is 0.472 e. The smallest absolute Gasteiger partial charge is 0.472 e. The van der Waals surface area contributed by atoms with Crippen molar-refractivity contribution in [2.24, 2.45) is 0 Å². The average molecular weight is 734 g/mol. The monoisotopic (exact) mass is 733 g/mol. The van der Waals surface area contributed by atoms with Gasteiger partial charge in [-0.15, -0.1) is 0 Å². The van der Waals surface area contributed by atoms with Gasteiger partial charge in [-0.05, 0) is 85.1 Å². The molecule has 1 aliphatic carbocycles. The Morgan fingerprint density at radius 1 is 0.865 bits per heavy atom. The Labute approximate surface area is 299 Å². The number of carbonyl (C=O) groups excluding carboxylic acids is 1. The number of carboxylic acid groups (broad SMARTS) is 1. The number of carboxylic acids is 1. The standard InChI is InChI=1S/C37H40N3O11P/c38-25-6-8-26(9-7-25)40(16-18-41)17-20-50-52(47,48)49-19-4-2-1-3-15-39-36(44)24-5-12-29(37(45)46)32(21-24)35-30-13-10-27(42)22-33(30)51-34-23-28(43)11-14-31(34)35/h5-14,21-23,41-42H,1-4,15-20,38H2,(H,39,44)(H,45,46)(H,47,48). The molecule has 0 saturated carbocycles. The molecule has 7 N–H and O–H groups in total. The number of rotatable bonds is 18. The molecule has 1 amide bonds. The van der Waals surface area contributed by atoms with Crippen molar-refractivity contribution in [1.82, 2.24) is 5.32 Å². The molecule has 0 fully saturated rings. The van der Waals surface area contributed by atoms with E-state index in [1.54, 1.807) is 35.2 Å². The molecule has 0 saturated heterocycles. The van der Waals surface area contributed by atoms with Crippen LogP contribution in [0.3, 0.4) is 0 Å². The van der Waals surface area contributed by atoms with Crippen molar-refractivity contribution in [2.75, 3.05) is 50.1 Å². The van der Waals surface area contributed by atoms with Crippen LogP contribution in [0.25, 0.3) is 33.4 Å². The molecule has 0 radical (unpaired) electrons. The van der Waals surface area contributed by atoms with Crippen molar-refractivity contribution >= 4 is 42.0 Å². The van der Waals surface area contributed by atoms with Gasteiger partial charge in [-0.2, -0.15) is 0 Å². The zero-order valence-corrected chi connectivity index (χ0v) is 29.1. The minimum absolute atomic E-state index is 0.00301. The number of aromatic carboxylic acids is 1. The van der Waals surface area contributed by atoms with Gasteiger partial charge in [0.2, 0.25) is 0 Å². The number of fused-ring (bicyclic) bond motifs is 2. The van der Waals surface area contributed by atoms with Gasteiger partial charge in [-0.3, -0.25) is 18.6 Å². The minimum Gasteiger partial charge on any atom is -0.508 e. The Hall–Kier alpha value is -5.24. The number of nitrogens with one attached hydrogen (secondary N) is 1. The molecular formula is C37H40N3O11P. The molecule has 1 heterocycles. The summed E-state index contributed by atoms with van der Waals surface area (Å²) >= 11 is 0. The number of nitrogen functional groups attached to an aromatic ring is 1. The number of aliphatic hydroxyl groups is 1. The van der Waals surface area contributed by atoms with Crippen molar-refractivity contribution in [2.45, 2.75) is 25.7 Å². The van der Waals surface area contributed by atoms with E-state index in [9.17, 15) is 39.2 Å². The summed E-state index contributed by atoms with van der Waals surface area (Å²) in [5, 5.41) is 32.8. The highest BCUT2D eigenvalue weighted by atomic mass is 31.2. The predicted octanol–water partition coefficient (Wildman–Crippen LogP) is 5.47. The summed E-state index contributed by atoms with van der Waals surface area (Å²) in [5.74, 6) is -1.51. The number of anilines is 2. The van der Waals surface area contributed by atoms with Crippen LogP contribution in [-0.2, 0) is 13.6 Å². The highest BCUT2D eigenvalue weighted by Crippen LogP contribution is 2.44. The van der Waals surface area contributed by atoms with E-state index in [1.807, 2.05) is 0 Å². The molecule has 0 bridgehead atoms. The zero-order valence-electron chi connectivity index (χ0n) is 28.2. The lowest BCUT2D eigenvalue weighted by Gasteiger charge is -2.24. The number of phosphoric acid groups is 1. The Morgan fingerprint density at radius 3 is 2.37 bits per heavy atom. The lowest BCUT2D eigenvalue weighted by molar-refractivity contribution is 0.0697. The van der Waals surface area contributed by atoms with E-state index in [0.29, 0.717) is 61.0 Å². The zero-order chi connectivity index (χ0) is 37.3. The number of hydrogen-bond donors (Lipinski definition) is 6. The van der Waals surface area contributed by atoms with Gasteiger partial charge >= 0.3 is 13.8 Å². The molecule has 3 aromatic carbocycles. The summed E-state index contributed by atoms with van der Waals surface area (Å²) in [6.07, 6.45) is 2.46. The fourth-order valence-corrected chi connectivity index (χ4v) is 6.52. The predicted molar refractivity (Wildman–Crippen MR) is 196 cm³/mol. The minimum atomic E-state index is -4.28. The van der Waals surface area contributed by atoms with Gasteiger partial charge in [0.1, 0.15) is 17.1 Å². The van der Waals surface area contributed by atoms with Crippen LogP contribution in [-0.4, -0.2) is 71.5 Å². The Bertz CT molecular complexity index is 2100. The molecule has 1 unspecified atom stereocenters. The number of aromatic hydroxyl groups is 1. The van der Waals surface area contributed by atoms with Gasteiger partial charge in [0.05, 0.1) is 25.4 Å². The maximum absolute atomic E-state index is 13.2. The lowest BCUT2D eigenvalue weighted by atomic mass is 9.89. The molecule has 14 nitrogen and oxygen atoms in total. The summed E-state index contributed by atoms with van der Waals surface area (Å²) in [6, 6.07) is 19.8. The number of nitrogens with two attached hydrogens (primary N) is 1.